The summed E-state index contributed by atoms with van der Waals surface area (Å²) in [5.74, 6) is 2.61. The van der Waals surface area contributed by atoms with E-state index in [9.17, 15) is 9.00 Å². The molecule has 1 amide bonds. The molecule has 28 heavy (non-hydrogen) atoms. The molecule has 1 aliphatic rings. The van der Waals surface area contributed by atoms with Crippen LogP contribution < -0.4 is 10.6 Å². The van der Waals surface area contributed by atoms with Crippen molar-refractivity contribution in [1.29, 1.82) is 0 Å². The van der Waals surface area contributed by atoms with Crippen LogP contribution in [0.1, 0.15) is 31.7 Å². The van der Waals surface area contributed by atoms with Crippen molar-refractivity contribution in [2.24, 2.45) is 10.9 Å². The molecular weight excluding hydrogens is 487 g/mol. The van der Waals surface area contributed by atoms with Gasteiger partial charge in [0.25, 0.3) is 0 Å². The predicted octanol–water partition coefficient (Wildman–Crippen LogP) is 2.37. The maximum absolute atomic E-state index is 12.3. The molecule has 158 valence electrons. The lowest BCUT2D eigenvalue weighted by Crippen LogP contribution is -2.46. The van der Waals surface area contributed by atoms with Crippen molar-refractivity contribution < 1.29 is 9.00 Å². The molecule has 0 aliphatic carbocycles. The number of benzene rings is 1. The fourth-order valence-corrected chi connectivity index (χ4v) is 4.23. The van der Waals surface area contributed by atoms with Crippen LogP contribution in [0.4, 0.5) is 0 Å². The van der Waals surface area contributed by atoms with Gasteiger partial charge in [-0.15, -0.1) is 24.0 Å². The number of hydrogen-bond donors (Lipinski definition) is 2. The van der Waals surface area contributed by atoms with Crippen LogP contribution >= 0.6 is 24.0 Å². The molecule has 0 spiro atoms. The summed E-state index contributed by atoms with van der Waals surface area (Å²) in [4.78, 5) is 18.5. The minimum atomic E-state index is -0.908. The topological polar surface area (TPSA) is 73.8 Å². The number of nitrogens with zero attached hydrogens (tertiary/aromatic N) is 2. The third-order valence-corrected chi connectivity index (χ3v) is 6.05. The standard InChI is InChI=1S/C20H32N4O2S.HI/c1-3-22-20(24-12-9-17(10-13-24)15-19(25)21-2)23-11-14-27(26)16-18-7-5-4-6-8-18;/h4-8,17H,3,9-16H2,1-2H3,(H,21,25)(H,22,23);1H. The van der Waals surface area contributed by atoms with E-state index in [1.54, 1.807) is 7.05 Å². The van der Waals surface area contributed by atoms with E-state index in [2.05, 4.69) is 27.4 Å². The molecule has 8 heteroatoms. The van der Waals surface area contributed by atoms with Crippen molar-refractivity contribution in [1.82, 2.24) is 15.5 Å². The average Bonchev–Trinajstić information content (AvgIpc) is 2.68. The molecular formula is C20H33IN4O2S. The maximum atomic E-state index is 12.3. The van der Waals surface area contributed by atoms with Gasteiger partial charge in [-0.25, -0.2) is 0 Å². The highest BCUT2D eigenvalue weighted by atomic mass is 127. The van der Waals surface area contributed by atoms with Crippen LogP contribution in [-0.2, 0) is 21.3 Å². The Bertz CT molecular complexity index is 634. The first-order valence-electron chi connectivity index (χ1n) is 9.75. The van der Waals surface area contributed by atoms with Gasteiger partial charge in [0.05, 0.1) is 6.54 Å². The van der Waals surface area contributed by atoms with E-state index >= 15 is 0 Å². The second-order valence-corrected chi connectivity index (χ2v) is 8.39. The zero-order valence-corrected chi connectivity index (χ0v) is 20.0. The third kappa shape index (κ3) is 8.89. The number of amides is 1. The molecule has 0 saturated carbocycles. The molecule has 0 aromatic heterocycles. The number of piperidine rings is 1. The van der Waals surface area contributed by atoms with Gasteiger partial charge in [0.1, 0.15) is 0 Å². The van der Waals surface area contributed by atoms with Gasteiger partial charge >= 0.3 is 0 Å². The first kappa shape index (κ1) is 24.9. The summed E-state index contributed by atoms with van der Waals surface area (Å²) < 4.78 is 12.3. The molecule has 1 saturated heterocycles. The Balaban J connectivity index is 0.00000392. The van der Waals surface area contributed by atoms with Gasteiger partial charge in [0.2, 0.25) is 5.91 Å². The van der Waals surface area contributed by atoms with Crippen LogP contribution in [0.2, 0.25) is 0 Å². The van der Waals surface area contributed by atoms with Gasteiger partial charge in [-0.2, -0.15) is 0 Å². The molecule has 0 radical (unpaired) electrons. The van der Waals surface area contributed by atoms with E-state index in [0.29, 0.717) is 30.4 Å². The summed E-state index contributed by atoms with van der Waals surface area (Å²) in [5, 5.41) is 6.05. The largest absolute Gasteiger partial charge is 0.359 e. The summed E-state index contributed by atoms with van der Waals surface area (Å²) in [6.07, 6.45) is 2.60. The van der Waals surface area contributed by atoms with E-state index in [1.807, 2.05) is 30.3 Å². The maximum Gasteiger partial charge on any atom is 0.220 e. The monoisotopic (exact) mass is 520 g/mol. The number of hydrogen-bond acceptors (Lipinski definition) is 3. The fraction of sp³-hybridized carbons (Fsp3) is 0.600. The first-order valence-corrected chi connectivity index (χ1v) is 11.2. The van der Waals surface area contributed by atoms with Crippen LogP contribution in [0, 0.1) is 5.92 Å². The summed E-state index contributed by atoms with van der Waals surface area (Å²) in [7, 11) is 0.782. The lowest BCUT2D eigenvalue weighted by Gasteiger charge is -2.34. The van der Waals surface area contributed by atoms with Gasteiger partial charge in [-0.1, -0.05) is 30.3 Å². The molecule has 0 bridgehead atoms. The average molecular weight is 520 g/mol. The zero-order valence-electron chi connectivity index (χ0n) is 16.9. The number of aliphatic imine (C=N–C) groups is 1. The molecule has 1 atom stereocenters. The lowest BCUT2D eigenvalue weighted by molar-refractivity contribution is -0.121. The molecule has 1 aromatic carbocycles. The molecule has 2 N–H and O–H groups in total. The Morgan fingerprint density at radius 1 is 1.25 bits per heavy atom. The van der Waals surface area contributed by atoms with E-state index in [-0.39, 0.29) is 29.9 Å². The fourth-order valence-electron chi connectivity index (χ4n) is 3.22. The summed E-state index contributed by atoms with van der Waals surface area (Å²) in [6, 6.07) is 9.93. The Morgan fingerprint density at radius 2 is 1.93 bits per heavy atom. The zero-order chi connectivity index (χ0) is 19.5. The van der Waals surface area contributed by atoms with Crippen LogP contribution in [0.5, 0.6) is 0 Å². The SMILES string of the molecule is CCNC(=NCCS(=O)Cc1ccccc1)N1CCC(CC(=O)NC)CC1.I. The van der Waals surface area contributed by atoms with E-state index in [1.165, 1.54) is 0 Å². The minimum Gasteiger partial charge on any atom is -0.359 e. The highest BCUT2D eigenvalue weighted by molar-refractivity contribution is 14.0. The second kappa shape index (κ2) is 13.9. The Labute approximate surface area is 188 Å². The van der Waals surface area contributed by atoms with Crippen molar-refractivity contribution in [2.75, 3.05) is 39.0 Å². The molecule has 1 fully saturated rings. The normalized spacial score (nSPS) is 16.2. The quantitative estimate of drug-likeness (QED) is 0.314. The van der Waals surface area contributed by atoms with Gasteiger partial charge in [0, 0.05) is 55.4 Å². The Kier molecular flexibility index (Phi) is 12.4. The molecule has 1 heterocycles. The van der Waals surface area contributed by atoms with Crippen molar-refractivity contribution in [2.45, 2.75) is 31.9 Å². The predicted molar refractivity (Wildman–Crippen MR) is 128 cm³/mol. The number of carbonyl (C=O) groups is 1. The second-order valence-electron chi connectivity index (χ2n) is 6.82. The smallest absolute Gasteiger partial charge is 0.220 e. The van der Waals surface area contributed by atoms with Crippen molar-refractivity contribution in [3.05, 3.63) is 35.9 Å². The summed E-state index contributed by atoms with van der Waals surface area (Å²) in [6.45, 7) is 5.23. The third-order valence-electron chi connectivity index (χ3n) is 4.75. The molecule has 1 unspecified atom stereocenters. The molecule has 6 nitrogen and oxygen atoms in total. The minimum absolute atomic E-state index is 0. The van der Waals surface area contributed by atoms with E-state index in [4.69, 9.17) is 0 Å². The summed E-state index contributed by atoms with van der Waals surface area (Å²) in [5.41, 5.74) is 1.10. The highest BCUT2D eigenvalue weighted by Crippen LogP contribution is 2.20. The summed E-state index contributed by atoms with van der Waals surface area (Å²) >= 11 is 0. The van der Waals surface area contributed by atoms with Crippen LogP contribution in [0.25, 0.3) is 0 Å². The molecule has 1 aromatic rings. The van der Waals surface area contributed by atoms with E-state index < -0.39 is 10.8 Å². The number of likely N-dealkylation sites (tertiary alicyclic amines) is 1. The number of nitrogens with one attached hydrogen (secondary N) is 2. The number of rotatable bonds is 8. The Hall–Kier alpha value is -1.16. The van der Waals surface area contributed by atoms with Gasteiger partial charge in [-0.05, 0) is 31.2 Å². The van der Waals surface area contributed by atoms with Crippen molar-refractivity contribution in [3.8, 4) is 0 Å². The molecule has 1 aliphatic heterocycles. The van der Waals surface area contributed by atoms with Gasteiger partial charge in [0.15, 0.2) is 5.96 Å². The number of halogens is 1. The van der Waals surface area contributed by atoms with Crippen molar-refractivity contribution >= 4 is 46.6 Å². The number of guanidine groups is 1. The Morgan fingerprint density at radius 3 is 2.54 bits per heavy atom. The molecule has 2 rings (SSSR count). The van der Waals surface area contributed by atoms with Gasteiger partial charge in [-0.3, -0.25) is 14.0 Å². The lowest BCUT2D eigenvalue weighted by atomic mass is 9.93. The van der Waals surface area contributed by atoms with Crippen LogP contribution in [-0.4, -0.2) is 60.0 Å². The van der Waals surface area contributed by atoms with Crippen molar-refractivity contribution in [3.63, 3.8) is 0 Å². The number of carbonyl (C=O) groups excluding carboxylic acids is 1. The van der Waals surface area contributed by atoms with Gasteiger partial charge < -0.3 is 15.5 Å². The van der Waals surface area contributed by atoms with Crippen LogP contribution in [0.15, 0.2) is 35.3 Å². The van der Waals surface area contributed by atoms with Crippen LogP contribution in [0.3, 0.4) is 0 Å². The van der Waals surface area contributed by atoms with E-state index in [0.717, 1.165) is 44.0 Å². The first-order chi connectivity index (χ1) is 13.1. The highest BCUT2D eigenvalue weighted by Gasteiger charge is 2.23.